The third-order valence-electron chi connectivity index (χ3n) is 3.90. The van der Waals surface area contributed by atoms with E-state index in [9.17, 15) is 4.79 Å². The summed E-state index contributed by atoms with van der Waals surface area (Å²) in [6.07, 6.45) is 1.35. The largest absolute Gasteiger partial charge is 0.319 e. The van der Waals surface area contributed by atoms with Gasteiger partial charge in [-0.2, -0.15) is 0 Å². The molecule has 0 fully saturated rings. The van der Waals surface area contributed by atoms with Gasteiger partial charge in [0.25, 0.3) is 0 Å². The van der Waals surface area contributed by atoms with E-state index in [4.69, 9.17) is 0 Å². The van der Waals surface area contributed by atoms with Crippen molar-refractivity contribution >= 4 is 5.78 Å². The van der Waals surface area contributed by atoms with Crippen LogP contribution >= 0.6 is 0 Å². The molecule has 110 valence electrons. The second-order valence-electron chi connectivity index (χ2n) is 5.53. The minimum absolute atomic E-state index is 0.199. The van der Waals surface area contributed by atoms with Crippen molar-refractivity contribution in [1.82, 2.24) is 5.32 Å². The van der Waals surface area contributed by atoms with Crippen molar-refractivity contribution in [1.29, 1.82) is 0 Å². The average molecular weight is 281 g/mol. The molecule has 2 heteroatoms. The zero-order valence-corrected chi connectivity index (χ0v) is 13.1. The Morgan fingerprint density at radius 3 is 2.52 bits per heavy atom. The summed E-state index contributed by atoms with van der Waals surface area (Å²) in [6, 6.07) is 14.2. The zero-order chi connectivity index (χ0) is 15.2. The van der Waals surface area contributed by atoms with Gasteiger partial charge in [0.15, 0.2) is 5.78 Å². The number of carbonyl (C=O) groups is 1. The molecule has 0 aromatic heterocycles. The summed E-state index contributed by atoms with van der Waals surface area (Å²) in [7, 11) is 1.93. The quantitative estimate of drug-likeness (QED) is 0.821. The van der Waals surface area contributed by atoms with E-state index in [0.29, 0.717) is 6.42 Å². The molecule has 2 nitrogen and oxygen atoms in total. The van der Waals surface area contributed by atoms with Gasteiger partial charge in [-0.05, 0) is 56.1 Å². The average Bonchev–Trinajstić information content (AvgIpc) is 2.49. The molecule has 21 heavy (non-hydrogen) atoms. The van der Waals surface area contributed by atoms with Gasteiger partial charge in [0.1, 0.15) is 0 Å². The summed E-state index contributed by atoms with van der Waals surface area (Å²) in [5, 5.41) is 3.13. The molecular formula is C19H23NO. The fourth-order valence-corrected chi connectivity index (χ4v) is 2.46. The predicted octanol–water partition coefficient (Wildman–Crippen LogP) is 3.49. The van der Waals surface area contributed by atoms with Crippen LogP contribution in [0.15, 0.2) is 42.5 Å². The topological polar surface area (TPSA) is 29.1 Å². The van der Waals surface area contributed by atoms with Crippen LogP contribution in [0.5, 0.6) is 0 Å². The highest BCUT2D eigenvalue weighted by atomic mass is 16.1. The molecule has 0 aliphatic heterocycles. The Balaban J connectivity index is 2.18. The van der Waals surface area contributed by atoms with Crippen LogP contribution < -0.4 is 5.32 Å². The Labute approximate surface area is 127 Å². The van der Waals surface area contributed by atoms with Gasteiger partial charge in [0.05, 0.1) is 0 Å². The first-order valence-corrected chi connectivity index (χ1v) is 7.43. The molecule has 0 atom stereocenters. The van der Waals surface area contributed by atoms with Crippen LogP contribution in [0.4, 0.5) is 0 Å². The summed E-state index contributed by atoms with van der Waals surface area (Å²) in [6.45, 7) is 5.06. The Morgan fingerprint density at radius 1 is 1.05 bits per heavy atom. The molecule has 2 aromatic rings. The molecule has 0 aliphatic carbocycles. The summed E-state index contributed by atoms with van der Waals surface area (Å²) in [5.41, 5.74) is 5.57. The van der Waals surface area contributed by atoms with Crippen molar-refractivity contribution in [3.63, 3.8) is 0 Å². The van der Waals surface area contributed by atoms with Crippen LogP contribution in [0.1, 0.15) is 32.6 Å². The van der Waals surface area contributed by atoms with E-state index in [1.54, 1.807) is 0 Å². The van der Waals surface area contributed by atoms with Gasteiger partial charge in [-0.3, -0.25) is 4.79 Å². The fourth-order valence-electron chi connectivity index (χ4n) is 2.46. The van der Waals surface area contributed by atoms with Crippen molar-refractivity contribution in [2.45, 2.75) is 26.7 Å². The van der Waals surface area contributed by atoms with E-state index in [2.05, 4.69) is 37.4 Å². The number of hydrogen-bond acceptors (Lipinski definition) is 2. The highest BCUT2D eigenvalue weighted by Crippen LogP contribution is 2.15. The Bertz CT molecular complexity index is 631. The minimum atomic E-state index is 0.199. The van der Waals surface area contributed by atoms with Crippen molar-refractivity contribution in [2.75, 3.05) is 13.6 Å². The number of aryl methyl sites for hydroxylation is 2. The molecule has 0 saturated carbocycles. The first-order valence-electron chi connectivity index (χ1n) is 7.43. The van der Waals surface area contributed by atoms with Crippen LogP contribution in [0.25, 0.3) is 0 Å². The lowest BCUT2D eigenvalue weighted by molar-refractivity contribution is 0.0992. The number of carbonyl (C=O) groups excluding carboxylic acids is 1. The standard InChI is InChI=1S/C19H23NO/c1-14-8-9-16(12-15(14)2)13-19(21)18-7-5-4-6-17(18)10-11-20-3/h4-9,12,20H,10-11,13H2,1-3H3. The maximum atomic E-state index is 12.6. The van der Waals surface area contributed by atoms with Crippen LogP contribution in [0.2, 0.25) is 0 Å². The number of likely N-dealkylation sites (N-methyl/N-ethyl adjacent to an activating group) is 1. The molecule has 0 bridgehead atoms. The number of nitrogens with one attached hydrogen (secondary N) is 1. The maximum Gasteiger partial charge on any atom is 0.167 e. The molecule has 0 aliphatic rings. The molecule has 2 rings (SSSR count). The van der Waals surface area contributed by atoms with Crippen LogP contribution in [0, 0.1) is 13.8 Å². The van der Waals surface area contributed by atoms with Crippen molar-refractivity contribution in [2.24, 2.45) is 0 Å². The number of rotatable bonds is 6. The molecule has 2 aromatic carbocycles. The van der Waals surface area contributed by atoms with Gasteiger partial charge < -0.3 is 5.32 Å². The van der Waals surface area contributed by atoms with Gasteiger partial charge in [0.2, 0.25) is 0 Å². The summed E-state index contributed by atoms with van der Waals surface area (Å²) >= 11 is 0. The smallest absolute Gasteiger partial charge is 0.167 e. The van der Waals surface area contributed by atoms with E-state index >= 15 is 0 Å². The lowest BCUT2D eigenvalue weighted by atomic mass is 9.95. The molecule has 0 amide bonds. The highest BCUT2D eigenvalue weighted by molar-refractivity contribution is 5.98. The van der Waals surface area contributed by atoms with Crippen molar-refractivity contribution < 1.29 is 4.79 Å². The third kappa shape index (κ3) is 4.02. The van der Waals surface area contributed by atoms with Crippen molar-refractivity contribution in [3.8, 4) is 0 Å². The van der Waals surface area contributed by atoms with E-state index in [1.165, 1.54) is 11.1 Å². The second kappa shape index (κ2) is 7.19. The van der Waals surface area contributed by atoms with E-state index in [1.807, 2.05) is 31.3 Å². The Hall–Kier alpha value is -1.93. The molecular weight excluding hydrogens is 258 g/mol. The monoisotopic (exact) mass is 281 g/mol. The van der Waals surface area contributed by atoms with Gasteiger partial charge >= 0.3 is 0 Å². The van der Waals surface area contributed by atoms with Gasteiger partial charge in [-0.1, -0.05) is 42.5 Å². The molecule has 0 heterocycles. The molecule has 0 radical (unpaired) electrons. The minimum Gasteiger partial charge on any atom is -0.319 e. The van der Waals surface area contributed by atoms with Gasteiger partial charge in [0, 0.05) is 12.0 Å². The van der Waals surface area contributed by atoms with Crippen molar-refractivity contribution in [3.05, 3.63) is 70.3 Å². The first-order chi connectivity index (χ1) is 10.1. The molecule has 0 saturated heterocycles. The van der Waals surface area contributed by atoms with Gasteiger partial charge in [-0.15, -0.1) is 0 Å². The zero-order valence-electron chi connectivity index (χ0n) is 13.1. The predicted molar refractivity (Wildman–Crippen MR) is 88.0 cm³/mol. The molecule has 0 unspecified atom stereocenters. The van der Waals surface area contributed by atoms with Gasteiger partial charge in [-0.25, -0.2) is 0 Å². The van der Waals surface area contributed by atoms with E-state index in [0.717, 1.165) is 29.7 Å². The lowest BCUT2D eigenvalue weighted by Crippen LogP contribution is -2.14. The highest BCUT2D eigenvalue weighted by Gasteiger charge is 2.11. The lowest BCUT2D eigenvalue weighted by Gasteiger charge is -2.09. The van der Waals surface area contributed by atoms with E-state index < -0.39 is 0 Å². The molecule has 1 N–H and O–H groups in total. The summed E-state index contributed by atoms with van der Waals surface area (Å²) in [4.78, 5) is 12.6. The molecule has 0 spiro atoms. The SMILES string of the molecule is CNCCc1ccccc1C(=O)Cc1ccc(C)c(C)c1. The van der Waals surface area contributed by atoms with Crippen LogP contribution in [-0.2, 0) is 12.8 Å². The maximum absolute atomic E-state index is 12.6. The Kier molecular flexibility index (Phi) is 5.29. The summed E-state index contributed by atoms with van der Waals surface area (Å²) < 4.78 is 0. The first kappa shape index (κ1) is 15.5. The Morgan fingerprint density at radius 2 is 1.81 bits per heavy atom. The fraction of sp³-hybridized carbons (Fsp3) is 0.316. The number of hydrogen-bond donors (Lipinski definition) is 1. The van der Waals surface area contributed by atoms with E-state index in [-0.39, 0.29) is 5.78 Å². The normalized spacial score (nSPS) is 10.6. The van der Waals surface area contributed by atoms with Crippen LogP contribution in [0.3, 0.4) is 0 Å². The number of benzene rings is 2. The number of Topliss-reactive ketones (excluding diaryl/α,β-unsaturated/α-hetero) is 1. The summed E-state index contributed by atoms with van der Waals surface area (Å²) in [5.74, 6) is 0.199. The number of ketones is 1. The second-order valence-corrected chi connectivity index (χ2v) is 5.53. The van der Waals surface area contributed by atoms with Crippen LogP contribution in [-0.4, -0.2) is 19.4 Å². The third-order valence-corrected chi connectivity index (χ3v) is 3.90.